The molecule has 1 aliphatic heterocycles. The van der Waals surface area contributed by atoms with Gasteiger partial charge in [0.1, 0.15) is 11.0 Å². The Bertz CT molecular complexity index is 1030. The molecule has 0 unspecified atom stereocenters. The molecule has 2 heterocycles. The van der Waals surface area contributed by atoms with Crippen LogP contribution in [-0.2, 0) is 9.84 Å². The second-order valence-electron chi connectivity index (χ2n) is 7.21. The van der Waals surface area contributed by atoms with Gasteiger partial charge in [0.25, 0.3) is 0 Å². The van der Waals surface area contributed by atoms with Crippen molar-refractivity contribution in [1.82, 2.24) is 4.98 Å². The predicted octanol–water partition coefficient (Wildman–Crippen LogP) is 2.57. The molecule has 3 N–H and O–H groups in total. The van der Waals surface area contributed by atoms with Crippen LogP contribution in [0.3, 0.4) is 0 Å². The molecule has 0 aliphatic carbocycles. The highest BCUT2D eigenvalue weighted by Gasteiger charge is 2.39. The molecule has 3 rings (SSSR count). The van der Waals surface area contributed by atoms with Gasteiger partial charge in [-0.05, 0) is 55.2 Å². The molecular formula is C22H25NO5S. The smallest absolute Gasteiger partial charge is 0.163 e. The molecule has 29 heavy (non-hydrogen) atoms. The van der Waals surface area contributed by atoms with E-state index in [2.05, 4.69) is 4.98 Å². The average Bonchev–Trinajstić information content (AvgIpc) is 2.94. The Hall–Kier alpha value is -2.48. The number of hydrogen-bond donors (Lipinski definition) is 3. The van der Waals surface area contributed by atoms with E-state index in [0.29, 0.717) is 28.8 Å². The zero-order valence-electron chi connectivity index (χ0n) is 16.2. The maximum Gasteiger partial charge on any atom is 0.163 e. The van der Waals surface area contributed by atoms with Crippen molar-refractivity contribution in [2.24, 2.45) is 0 Å². The van der Waals surface area contributed by atoms with Crippen molar-refractivity contribution in [2.45, 2.75) is 31.1 Å². The molecule has 0 saturated heterocycles. The Balaban J connectivity index is 1.86. The van der Waals surface area contributed by atoms with Crippen molar-refractivity contribution in [3.05, 3.63) is 71.1 Å². The Morgan fingerprint density at radius 1 is 1.24 bits per heavy atom. The summed E-state index contributed by atoms with van der Waals surface area (Å²) in [6.45, 7) is 1.15. The summed E-state index contributed by atoms with van der Waals surface area (Å²) in [6, 6.07) is 12.4. The van der Waals surface area contributed by atoms with Crippen molar-refractivity contribution >= 4 is 21.5 Å². The molecule has 0 radical (unpaired) electrons. The summed E-state index contributed by atoms with van der Waals surface area (Å²) in [5.41, 5.74) is 3.16. The van der Waals surface area contributed by atoms with Gasteiger partial charge in [-0.25, -0.2) is 8.42 Å². The number of para-hydroxylation sites is 1. The van der Waals surface area contributed by atoms with Crippen LogP contribution >= 0.6 is 0 Å². The zero-order valence-corrected chi connectivity index (χ0v) is 17.0. The Morgan fingerprint density at radius 2 is 1.97 bits per heavy atom. The zero-order chi connectivity index (χ0) is 21.0. The molecule has 1 aliphatic rings. The molecule has 0 spiro atoms. The van der Waals surface area contributed by atoms with Crippen molar-refractivity contribution < 1.29 is 23.7 Å². The molecule has 0 saturated carbocycles. The number of phenolic OH excluding ortho intramolecular Hbond substituents is 1. The van der Waals surface area contributed by atoms with Crippen molar-refractivity contribution in [1.29, 1.82) is 0 Å². The molecule has 6 nitrogen and oxygen atoms in total. The van der Waals surface area contributed by atoms with Gasteiger partial charge in [0.15, 0.2) is 9.84 Å². The van der Waals surface area contributed by atoms with E-state index in [1.165, 1.54) is 0 Å². The lowest BCUT2D eigenvalue weighted by molar-refractivity contribution is 0.190. The fourth-order valence-corrected chi connectivity index (χ4v) is 5.68. The number of aromatic nitrogens is 1. The number of aliphatic hydroxyl groups excluding tert-OH is 2. The second-order valence-corrected chi connectivity index (χ2v) is 9.40. The van der Waals surface area contributed by atoms with E-state index in [1.54, 1.807) is 37.4 Å². The summed E-state index contributed by atoms with van der Waals surface area (Å²) in [4.78, 5) is 4.37. The highest BCUT2D eigenvalue weighted by molar-refractivity contribution is 7.92. The van der Waals surface area contributed by atoms with Crippen LogP contribution in [0.2, 0.25) is 0 Å². The maximum atomic E-state index is 12.2. The van der Waals surface area contributed by atoms with Gasteiger partial charge in [-0.2, -0.15) is 0 Å². The van der Waals surface area contributed by atoms with E-state index in [-0.39, 0.29) is 17.9 Å². The minimum atomic E-state index is -3.47. The number of pyridine rings is 1. The van der Waals surface area contributed by atoms with Crippen molar-refractivity contribution in [3.63, 3.8) is 0 Å². The summed E-state index contributed by atoms with van der Waals surface area (Å²) in [5.74, 6) is 0.00750. The van der Waals surface area contributed by atoms with E-state index >= 15 is 0 Å². The van der Waals surface area contributed by atoms with Crippen LogP contribution in [0.4, 0.5) is 0 Å². The van der Waals surface area contributed by atoms with Gasteiger partial charge < -0.3 is 15.3 Å². The molecule has 1 aromatic heterocycles. The highest BCUT2D eigenvalue weighted by Crippen LogP contribution is 2.33. The van der Waals surface area contributed by atoms with Crippen LogP contribution in [0.25, 0.3) is 11.6 Å². The Labute approximate surface area is 170 Å². The number of nitrogens with zero attached hydrogens (tertiary/aromatic N) is 1. The number of benzene rings is 1. The van der Waals surface area contributed by atoms with Gasteiger partial charge in [-0.1, -0.05) is 29.8 Å². The van der Waals surface area contributed by atoms with Gasteiger partial charge in [0.2, 0.25) is 0 Å². The molecule has 2 atom stereocenters. The molecule has 1 aromatic carbocycles. The van der Waals surface area contributed by atoms with Gasteiger partial charge in [0, 0.05) is 11.8 Å². The Morgan fingerprint density at radius 3 is 2.62 bits per heavy atom. The third-order valence-electron chi connectivity index (χ3n) is 5.16. The van der Waals surface area contributed by atoms with Crippen LogP contribution in [0.1, 0.15) is 31.0 Å². The Kier molecular flexibility index (Phi) is 6.52. The molecule has 0 amide bonds. The lowest BCUT2D eigenvalue weighted by atomic mass is 9.94. The minimum Gasteiger partial charge on any atom is -0.507 e. The monoisotopic (exact) mass is 415 g/mol. The first-order valence-corrected chi connectivity index (χ1v) is 11.1. The standard InChI is InChI=1S/C22H25NO5S/c1-15-14-29(27,28)21(13-24)22(15)20(26)10-9-16(18-7-4-5-11-23-18)12-17-6-2-3-8-19(17)25/h2-8,11-12,20-21,24-26H,9-10,13-14H2,1H3/b16-12-/t20-,21+/m1/s1. The van der Waals surface area contributed by atoms with Crippen LogP contribution < -0.4 is 0 Å². The fraction of sp³-hybridized carbons (Fsp3) is 0.318. The van der Waals surface area contributed by atoms with E-state index in [9.17, 15) is 23.7 Å². The first-order valence-electron chi connectivity index (χ1n) is 9.43. The first-order chi connectivity index (χ1) is 13.8. The van der Waals surface area contributed by atoms with E-state index in [0.717, 1.165) is 5.57 Å². The quantitative estimate of drug-likeness (QED) is 0.600. The van der Waals surface area contributed by atoms with Gasteiger partial charge in [-0.3, -0.25) is 4.98 Å². The number of aliphatic hydroxyl groups is 2. The van der Waals surface area contributed by atoms with Crippen LogP contribution in [0, 0.1) is 0 Å². The number of allylic oxidation sites excluding steroid dienone is 1. The number of sulfone groups is 1. The fourth-order valence-electron chi connectivity index (χ4n) is 3.74. The van der Waals surface area contributed by atoms with Crippen LogP contribution in [0.5, 0.6) is 5.75 Å². The normalized spacial score (nSPS) is 20.1. The maximum absolute atomic E-state index is 12.2. The predicted molar refractivity (Wildman–Crippen MR) is 113 cm³/mol. The third-order valence-corrected chi connectivity index (χ3v) is 7.27. The summed E-state index contributed by atoms with van der Waals surface area (Å²) in [7, 11) is -3.47. The largest absolute Gasteiger partial charge is 0.507 e. The third kappa shape index (κ3) is 4.75. The van der Waals surface area contributed by atoms with E-state index < -0.39 is 27.8 Å². The van der Waals surface area contributed by atoms with Crippen LogP contribution in [0.15, 0.2) is 59.8 Å². The molecular weight excluding hydrogens is 390 g/mol. The van der Waals surface area contributed by atoms with E-state index in [1.807, 2.05) is 24.3 Å². The topological polar surface area (TPSA) is 108 Å². The highest BCUT2D eigenvalue weighted by atomic mass is 32.2. The average molecular weight is 416 g/mol. The summed E-state index contributed by atoms with van der Waals surface area (Å²) < 4.78 is 24.4. The number of phenols is 1. The summed E-state index contributed by atoms with van der Waals surface area (Å²) in [5, 5.41) is 29.3. The van der Waals surface area contributed by atoms with Crippen molar-refractivity contribution in [3.8, 4) is 5.75 Å². The van der Waals surface area contributed by atoms with Crippen molar-refractivity contribution in [2.75, 3.05) is 12.4 Å². The summed E-state index contributed by atoms with van der Waals surface area (Å²) >= 11 is 0. The molecule has 154 valence electrons. The second kappa shape index (κ2) is 8.90. The first kappa shape index (κ1) is 21.2. The molecule has 0 bridgehead atoms. The minimum absolute atomic E-state index is 0.133. The number of aromatic hydroxyl groups is 1. The van der Waals surface area contributed by atoms with Gasteiger partial charge in [0.05, 0.1) is 24.2 Å². The van der Waals surface area contributed by atoms with E-state index in [4.69, 9.17) is 0 Å². The number of rotatable bonds is 7. The molecule has 7 heteroatoms. The lowest BCUT2D eigenvalue weighted by Crippen LogP contribution is -2.29. The van der Waals surface area contributed by atoms with Gasteiger partial charge >= 0.3 is 0 Å². The van der Waals surface area contributed by atoms with Gasteiger partial charge in [-0.15, -0.1) is 0 Å². The number of hydrogen-bond acceptors (Lipinski definition) is 6. The molecule has 2 aromatic rings. The summed E-state index contributed by atoms with van der Waals surface area (Å²) in [6.07, 6.45) is 3.19. The SMILES string of the molecule is CC1=C([C@H](O)CC/C(=C/c2ccccc2O)c2ccccn2)[C@H](CO)S(=O)(=O)C1. The lowest BCUT2D eigenvalue weighted by Gasteiger charge is -2.19. The molecule has 0 fully saturated rings. The van der Waals surface area contributed by atoms with Crippen LogP contribution in [-0.4, -0.2) is 52.4 Å².